The molecule has 8 heteroatoms. The first-order valence-electron chi connectivity index (χ1n) is 7.30. The Hall–Kier alpha value is -2.06. The van der Waals surface area contributed by atoms with E-state index >= 15 is 0 Å². The molecular formula is C16H15F3N2O2S. The summed E-state index contributed by atoms with van der Waals surface area (Å²) in [6.45, 7) is 2.28. The minimum absolute atomic E-state index is 0.0395. The lowest BCUT2D eigenvalue weighted by Crippen LogP contribution is -2.40. The molecule has 0 saturated heterocycles. The van der Waals surface area contributed by atoms with Crippen molar-refractivity contribution < 1.29 is 21.6 Å². The molecule has 4 nitrogen and oxygen atoms in total. The lowest BCUT2D eigenvalue weighted by molar-refractivity contribution is 0.432. The van der Waals surface area contributed by atoms with Crippen LogP contribution in [0.4, 0.5) is 18.9 Å². The average molecular weight is 356 g/mol. The van der Waals surface area contributed by atoms with Crippen molar-refractivity contribution in [3.63, 3.8) is 0 Å². The number of halogens is 3. The summed E-state index contributed by atoms with van der Waals surface area (Å²) in [4.78, 5) is -0.884. The van der Waals surface area contributed by atoms with Gasteiger partial charge in [0, 0.05) is 19.1 Å². The number of hydrogen-bond acceptors (Lipinski definition) is 3. The number of anilines is 1. The second-order valence-electron chi connectivity index (χ2n) is 5.62. The van der Waals surface area contributed by atoms with Crippen molar-refractivity contribution in [2.24, 2.45) is 0 Å². The lowest BCUT2D eigenvalue weighted by atomic mass is 10.2. The number of benzene rings is 2. The second kappa shape index (κ2) is 6.10. The third kappa shape index (κ3) is 2.76. The van der Waals surface area contributed by atoms with Gasteiger partial charge in [-0.3, -0.25) is 4.31 Å². The van der Waals surface area contributed by atoms with Gasteiger partial charge in [-0.25, -0.2) is 21.6 Å². The van der Waals surface area contributed by atoms with E-state index in [0.29, 0.717) is 23.9 Å². The molecule has 1 atom stereocenters. The SMILES string of the molecule is CC1CN(S(=O)(=O)c2ccc(F)c(F)c2F)c2ccccc2CN1. The first-order chi connectivity index (χ1) is 11.3. The quantitative estimate of drug-likeness (QED) is 0.842. The Balaban J connectivity index is 2.17. The van der Waals surface area contributed by atoms with Crippen LogP contribution in [0.5, 0.6) is 0 Å². The van der Waals surface area contributed by atoms with Gasteiger partial charge in [0.1, 0.15) is 4.90 Å². The molecule has 24 heavy (non-hydrogen) atoms. The molecule has 1 aliphatic heterocycles. The molecule has 1 N–H and O–H groups in total. The molecular weight excluding hydrogens is 341 g/mol. The number of nitrogens with zero attached hydrogens (tertiary/aromatic N) is 1. The van der Waals surface area contributed by atoms with Crippen molar-refractivity contribution in [2.45, 2.75) is 24.4 Å². The summed E-state index contributed by atoms with van der Waals surface area (Å²) in [5, 5.41) is 3.16. The Morgan fingerprint density at radius 1 is 1.08 bits per heavy atom. The molecule has 0 bridgehead atoms. The van der Waals surface area contributed by atoms with E-state index in [1.807, 2.05) is 0 Å². The second-order valence-corrected chi connectivity index (χ2v) is 7.45. The fourth-order valence-electron chi connectivity index (χ4n) is 2.65. The normalized spacial score (nSPS) is 18.2. The molecule has 1 unspecified atom stereocenters. The average Bonchev–Trinajstić information content (AvgIpc) is 2.72. The van der Waals surface area contributed by atoms with Crippen LogP contribution in [0.3, 0.4) is 0 Å². The molecule has 128 valence electrons. The van der Waals surface area contributed by atoms with Gasteiger partial charge in [0.05, 0.1) is 5.69 Å². The molecule has 0 aliphatic carbocycles. The summed E-state index contributed by atoms with van der Waals surface area (Å²) < 4.78 is 67.5. The van der Waals surface area contributed by atoms with Gasteiger partial charge in [0.2, 0.25) is 0 Å². The molecule has 0 saturated carbocycles. The van der Waals surface area contributed by atoms with Crippen LogP contribution in [0.15, 0.2) is 41.3 Å². The van der Waals surface area contributed by atoms with E-state index in [0.717, 1.165) is 10.4 Å². The highest BCUT2D eigenvalue weighted by Gasteiger charge is 2.33. The van der Waals surface area contributed by atoms with Crippen molar-refractivity contribution >= 4 is 15.7 Å². The maximum atomic E-state index is 14.1. The molecule has 0 amide bonds. The number of hydrogen-bond donors (Lipinski definition) is 1. The van der Waals surface area contributed by atoms with Crippen molar-refractivity contribution in [1.29, 1.82) is 0 Å². The van der Waals surface area contributed by atoms with Crippen LogP contribution in [0.25, 0.3) is 0 Å². The van der Waals surface area contributed by atoms with Crippen LogP contribution in [-0.4, -0.2) is 21.0 Å². The molecule has 0 radical (unpaired) electrons. The Labute approximate surface area is 138 Å². The van der Waals surface area contributed by atoms with E-state index in [-0.39, 0.29) is 12.6 Å². The van der Waals surface area contributed by atoms with Crippen LogP contribution < -0.4 is 9.62 Å². The third-order valence-corrected chi connectivity index (χ3v) is 5.71. The van der Waals surface area contributed by atoms with Gasteiger partial charge in [0.15, 0.2) is 17.5 Å². The molecule has 1 aliphatic rings. The van der Waals surface area contributed by atoms with Crippen molar-refractivity contribution in [3.8, 4) is 0 Å². The highest BCUT2D eigenvalue weighted by molar-refractivity contribution is 7.92. The van der Waals surface area contributed by atoms with E-state index in [1.54, 1.807) is 31.2 Å². The van der Waals surface area contributed by atoms with E-state index in [2.05, 4.69) is 5.32 Å². The number of fused-ring (bicyclic) bond motifs is 1. The number of nitrogens with one attached hydrogen (secondary N) is 1. The third-order valence-electron chi connectivity index (χ3n) is 3.91. The maximum Gasteiger partial charge on any atom is 0.267 e. The van der Waals surface area contributed by atoms with Crippen molar-refractivity contribution in [2.75, 3.05) is 10.8 Å². The molecule has 1 heterocycles. The van der Waals surface area contributed by atoms with Gasteiger partial charge in [-0.2, -0.15) is 0 Å². The minimum Gasteiger partial charge on any atom is -0.308 e. The summed E-state index contributed by atoms with van der Waals surface area (Å²) in [6.07, 6.45) is 0. The van der Waals surface area contributed by atoms with Gasteiger partial charge >= 0.3 is 0 Å². The topological polar surface area (TPSA) is 49.4 Å². The van der Waals surface area contributed by atoms with Crippen LogP contribution in [0.1, 0.15) is 12.5 Å². The molecule has 0 spiro atoms. The first-order valence-corrected chi connectivity index (χ1v) is 8.74. The number of rotatable bonds is 2. The predicted molar refractivity (Wildman–Crippen MR) is 83.6 cm³/mol. The van der Waals surface area contributed by atoms with Gasteiger partial charge < -0.3 is 5.32 Å². The zero-order valence-corrected chi connectivity index (χ0v) is 13.6. The van der Waals surface area contributed by atoms with Crippen LogP contribution in [0, 0.1) is 17.5 Å². The Morgan fingerprint density at radius 3 is 2.54 bits per heavy atom. The largest absolute Gasteiger partial charge is 0.308 e. The lowest BCUT2D eigenvalue weighted by Gasteiger charge is -2.26. The molecule has 3 rings (SSSR count). The van der Waals surface area contributed by atoms with Crippen LogP contribution >= 0.6 is 0 Å². The fourth-order valence-corrected chi connectivity index (χ4v) is 4.30. The number of para-hydroxylation sites is 1. The van der Waals surface area contributed by atoms with E-state index < -0.39 is 32.4 Å². The molecule has 2 aromatic carbocycles. The highest BCUT2D eigenvalue weighted by atomic mass is 32.2. The molecule has 2 aromatic rings. The van der Waals surface area contributed by atoms with Crippen molar-refractivity contribution in [3.05, 3.63) is 59.4 Å². The summed E-state index contributed by atoms with van der Waals surface area (Å²) in [5.74, 6) is -4.94. The zero-order chi connectivity index (χ0) is 17.5. The van der Waals surface area contributed by atoms with E-state index in [4.69, 9.17) is 0 Å². The summed E-state index contributed by atoms with van der Waals surface area (Å²) in [5.41, 5.74) is 1.10. The van der Waals surface area contributed by atoms with Crippen LogP contribution in [0.2, 0.25) is 0 Å². The van der Waals surface area contributed by atoms with E-state index in [9.17, 15) is 21.6 Å². The minimum atomic E-state index is -4.39. The molecule has 0 aromatic heterocycles. The fraction of sp³-hybridized carbons (Fsp3) is 0.250. The molecule has 0 fully saturated rings. The van der Waals surface area contributed by atoms with Crippen LogP contribution in [-0.2, 0) is 16.6 Å². The Morgan fingerprint density at radius 2 is 1.79 bits per heavy atom. The Kier molecular flexibility index (Phi) is 4.27. The van der Waals surface area contributed by atoms with Gasteiger partial charge in [-0.1, -0.05) is 18.2 Å². The Bertz CT molecular complexity index is 887. The number of sulfonamides is 1. The zero-order valence-electron chi connectivity index (χ0n) is 12.8. The standard InChI is InChI=1S/C16H15F3N2O2S/c1-10-9-21(13-5-3-2-4-11(13)8-20-10)24(22,23)14-7-6-12(17)15(18)16(14)19/h2-7,10,20H,8-9H2,1H3. The van der Waals surface area contributed by atoms with Crippen molar-refractivity contribution in [1.82, 2.24) is 5.32 Å². The summed E-state index contributed by atoms with van der Waals surface area (Å²) in [7, 11) is -4.39. The van der Waals surface area contributed by atoms with Gasteiger partial charge in [0.25, 0.3) is 10.0 Å². The van der Waals surface area contributed by atoms with Gasteiger partial charge in [-0.05, 0) is 30.7 Å². The van der Waals surface area contributed by atoms with Gasteiger partial charge in [-0.15, -0.1) is 0 Å². The summed E-state index contributed by atoms with van der Waals surface area (Å²) >= 11 is 0. The highest BCUT2D eigenvalue weighted by Crippen LogP contribution is 2.31. The summed E-state index contributed by atoms with van der Waals surface area (Å²) in [6, 6.07) is 7.93. The van der Waals surface area contributed by atoms with E-state index in [1.165, 1.54) is 0 Å². The maximum absolute atomic E-state index is 14.1. The monoisotopic (exact) mass is 356 g/mol. The smallest absolute Gasteiger partial charge is 0.267 e. The first kappa shape index (κ1) is 16.8. The predicted octanol–water partition coefficient (Wildman–Crippen LogP) is 2.79.